The number of hydrogen-bond acceptors (Lipinski definition) is 2. The molecule has 3 aromatic carbocycles. The van der Waals surface area contributed by atoms with Crippen molar-refractivity contribution in [1.29, 1.82) is 0 Å². The summed E-state index contributed by atoms with van der Waals surface area (Å²) < 4.78 is 7.71. The zero-order valence-electron chi connectivity index (χ0n) is 19.7. The molecule has 0 saturated heterocycles. The highest BCUT2D eigenvalue weighted by Gasteiger charge is 2.22. The minimum Gasteiger partial charge on any atom is -0.495 e. The van der Waals surface area contributed by atoms with Crippen LogP contribution in [0.15, 0.2) is 84.9 Å². The van der Waals surface area contributed by atoms with Gasteiger partial charge in [0, 0.05) is 16.8 Å². The lowest BCUT2D eigenvalue weighted by atomic mass is 10.1. The highest BCUT2D eigenvalue weighted by atomic mass is 35.5. The molecule has 174 valence electrons. The molecule has 0 bridgehead atoms. The van der Waals surface area contributed by atoms with E-state index in [9.17, 15) is 4.79 Å². The molecule has 34 heavy (non-hydrogen) atoms. The van der Waals surface area contributed by atoms with Crippen LogP contribution in [0.25, 0.3) is 16.9 Å². The second-order valence-corrected chi connectivity index (χ2v) is 8.88. The highest BCUT2D eigenvalue weighted by Crippen LogP contribution is 2.34. The molecule has 1 atom stereocenters. The molecule has 0 radical (unpaired) electrons. The van der Waals surface area contributed by atoms with Gasteiger partial charge in [0.05, 0.1) is 24.1 Å². The van der Waals surface area contributed by atoms with Crippen LogP contribution in [-0.2, 0) is 6.42 Å². The van der Waals surface area contributed by atoms with Crippen LogP contribution < -0.4 is 10.1 Å². The first kappa shape index (κ1) is 23.7. The minimum atomic E-state index is -0.0816. The van der Waals surface area contributed by atoms with Crippen molar-refractivity contribution < 1.29 is 9.53 Å². The standard InChI is InChI=1S/C29H29ClN2O2/c1-20(13-14-22-9-5-4-6-10-22)31-29(33)25-19-27(23-15-17-24(30)18-16-23)32(21(25)2)26-11-7-8-12-28(26)34-3/h4-12,15-20H,13-14H2,1-3H3,(H,31,33). The number of nitrogens with one attached hydrogen (secondary N) is 1. The number of hydrogen-bond donors (Lipinski definition) is 1. The maximum absolute atomic E-state index is 13.3. The number of amides is 1. The Balaban J connectivity index is 1.66. The lowest BCUT2D eigenvalue weighted by molar-refractivity contribution is 0.0938. The van der Waals surface area contributed by atoms with E-state index in [2.05, 4.69) is 22.0 Å². The third-order valence-corrected chi connectivity index (χ3v) is 6.30. The molecule has 1 unspecified atom stereocenters. The number of carbonyl (C=O) groups excluding carboxylic acids is 1. The quantitative estimate of drug-likeness (QED) is 0.304. The molecule has 4 nitrogen and oxygen atoms in total. The van der Waals surface area contributed by atoms with Crippen molar-refractivity contribution in [3.05, 3.63) is 107 Å². The van der Waals surface area contributed by atoms with E-state index in [1.54, 1.807) is 7.11 Å². The Hall–Kier alpha value is -3.50. The molecule has 5 heteroatoms. The smallest absolute Gasteiger partial charge is 0.253 e. The van der Waals surface area contributed by atoms with Gasteiger partial charge in [0.15, 0.2) is 0 Å². The molecule has 1 heterocycles. The summed E-state index contributed by atoms with van der Waals surface area (Å²) >= 11 is 6.13. The normalized spacial score (nSPS) is 11.8. The number of methoxy groups -OCH3 is 1. The Morgan fingerprint density at radius 2 is 1.68 bits per heavy atom. The van der Waals surface area contributed by atoms with Crippen LogP contribution in [0.5, 0.6) is 5.75 Å². The Morgan fingerprint density at radius 1 is 1.00 bits per heavy atom. The number of carbonyl (C=O) groups is 1. The molecule has 0 aliphatic heterocycles. The molecule has 1 aromatic heterocycles. The van der Waals surface area contributed by atoms with E-state index in [1.807, 2.05) is 86.6 Å². The van der Waals surface area contributed by atoms with Gasteiger partial charge < -0.3 is 14.6 Å². The molecule has 1 amide bonds. The van der Waals surface area contributed by atoms with Crippen molar-refractivity contribution in [3.63, 3.8) is 0 Å². The van der Waals surface area contributed by atoms with Crippen molar-refractivity contribution in [1.82, 2.24) is 9.88 Å². The lowest BCUT2D eigenvalue weighted by Gasteiger charge is -2.16. The van der Waals surface area contributed by atoms with Crippen LogP contribution in [0, 0.1) is 6.92 Å². The number of aryl methyl sites for hydroxylation is 1. The SMILES string of the molecule is COc1ccccc1-n1c(-c2ccc(Cl)cc2)cc(C(=O)NC(C)CCc2ccccc2)c1C. The second-order valence-electron chi connectivity index (χ2n) is 8.44. The van der Waals surface area contributed by atoms with Crippen LogP contribution in [-0.4, -0.2) is 23.6 Å². The summed E-state index contributed by atoms with van der Waals surface area (Å²) in [6, 6.07) is 27.8. The van der Waals surface area contributed by atoms with Crippen molar-refractivity contribution in [2.45, 2.75) is 32.7 Å². The predicted molar refractivity (Wildman–Crippen MR) is 139 cm³/mol. The molecule has 4 aromatic rings. The number of halogens is 1. The average molecular weight is 473 g/mol. The van der Waals surface area contributed by atoms with Crippen molar-refractivity contribution >= 4 is 17.5 Å². The zero-order chi connectivity index (χ0) is 24.1. The maximum Gasteiger partial charge on any atom is 0.253 e. The summed E-state index contributed by atoms with van der Waals surface area (Å²) in [7, 11) is 1.65. The van der Waals surface area contributed by atoms with E-state index in [1.165, 1.54) is 5.56 Å². The Bertz CT molecular complexity index is 1260. The zero-order valence-corrected chi connectivity index (χ0v) is 20.5. The Labute approximate surface area is 206 Å². The molecule has 0 fully saturated rings. The summed E-state index contributed by atoms with van der Waals surface area (Å²) in [6.07, 6.45) is 1.78. The summed E-state index contributed by atoms with van der Waals surface area (Å²) in [5, 5.41) is 3.85. The minimum absolute atomic E-state index is 0.0423. The van der Waals surface area contributed by atoms with E-state index in [4.69, 9.17) is 16.3 Å². The first-order valence-corrected chi connectivity index (χ1v) is 11.8. The van der Waals surface area contributed by atoms with Crippen LogP contribution >= 0.6 is 11.6 Å². The number of rotatable bonds is 8. The van der Waals surface area contributed by atoms with E-state index in [0.29, 0.717) is 10.6 Å². The van der Waals surface area contributed by atoms with Crippen LogP contribution in [0.1, 0.15) is 35.0 Å². The summed E-state index contributed by atoms with van der Waals surface area (Å²) in [5.74, 6) is 0.654. The number of ether oxygens (including phenoxy) is 1. The summed E-state index contributed by atoms with van der Waals surface area (Å²) in [6.45, 7) is 4.02. The average Bonchev–Trinajstić information content (AvgIpc) is 3.20. The van der Waals surface area contributed by atoms with Gasteiger partial charge in [-0.05, 0) is 68.1 Å². The number of nitrogens with zero attached hydrogens (tertiary/aromatic N) is 1. The molecule has 0 aliphatic carbocycles. The highest BCUT2D eigenvalue weighted by molar-refractivity contribution is 6.30. The molecule has 1 N–H and O–H groups in total. The molecular formula is C29H29ClN2O2. The molecule has 4 rings (SSSR count). The first-order valence-electron chi connectivity index (χ1n) is 11.4. The third-order valence-electron chi connectivity index (χ3n) is 6.04. The monoisotopic (exact) mass is 472 g/mol. The van der Waals surface area contributed by atoms with Gasteiger partial charge in [-0.25, -0.2) is 0 Å². The second kappa shape index (κ2) is 10.6. The van der Waals surface area contributed by atoms with Crippen molar-refractivity contribution in [2.75, 3.05) is 7.11 Å². The number of aromatic nitrogens is 1. The van der Waals surface area contributed by atoms with Crippen LogP contribution in [0.4, 0.5) is 0 Å². The van der Waals surface area contributed by atoms with Crippen molar-refractivity contribution in [3.8, 4) is 22.7 Å². The first-order chi connectivity index (χ1) is 16.5. The molecule has 0 aliphatic rings. The van der Waals surface area contributed by atoms with Gasteiger partial charge in [-0.2, -0.15) is 0 Å². The van der Waals surface area contributed by atoms with Crippen LogP contribution in [0.2, 0.25) is 5.02 Å². The molecular weight excluding hydrogens is 444 g/mol. The third kappa shape index (κ3) is 5.18. The predicted octanol–water partition coefficient (Wildman–Crippen LogP) is 6.87. The molecule has 0 saturated carbocycles. The largest absolute Gasteiger partial charge is 0.495 e. The van der Waals surface area contributed by atoms with Gasteiger partial charge in [-0.3, -0.25) is 4.79 Å². The topological polar surface area (TPSA) is 43.3 Å². The van der Waals surface area contributed by atoms with E-state index in [0.717, 1.165) is 41.2 Å². The van der Waals surface area contributed by atoms with Gasteiger partial charge in [0.1, 0.15) is 5.75 Å². The maximum atomic E-state index is 13.3. The van der Waals surface area contributed by atoms with Crippen molar-refractivity contribution in [2.24, 2.45) is 0 Å². The summed E-state index contributed by atoms with van der Waals surface area (Å²) in [5.41, 5.74) is 5.51. The summed E-state index contributed by atoms with van der Waals surface area (Å²) in [4.78, 5) is 13.3. The van der Waals surface area contributed by atoms with Crippen LogP contribution in [0.3, 0.4) is 0 Å². The fourth-order valence-corrected chi connectivity index (χ4v) is 4.32. The molecule has 0 spiro atoms. The van der Waals surface area contributed by atoms with E-state index < -0.39 is 0 Å². The fourth-order valence-electron chi connectivity index (χ4n) is 4.20. The fraction of sp³-hybridized carbons (Fsp3) is 0.207. The Kier molecular flexibility index (Phi) is 7.39. The van der Waals surface area contributed by atoms with E-state index in [-0.39, 0.29) is 11.9 Å². The van der Waals surface area contributed by atoms with Gasteiger partial charge in [-0.1, -0.05) is 66.2 Å². The lowest BCUT2D eigenvalue weighted by Crippen LogP contribution is -2.33. The van der Waals surface area contributed by atoms with Gasteiger partial charge >= 0.3 is 0 Å². The number of para-hydroxylation sites is 2. The van der Waals surface area contributed by atoms with E-state index >= 15 is 0 Å². The van der Waals surface area contributed by atoms with Gasteiger partial charge in [0.25, 0.3) is 5.91 Å². The number of benzene rings is 3. The Morgan fingerprint density at radius 3 is 2.38 bits per heavy atom. The van der Waals surface area contributed by atoms with Gasteiger partial charge in [0.2, 0.25) is 0 Å². The van der Waals surface area contributed by atoms with Gasteiger partial charge in [-0.15, -0.1) is 0 Å².